The molecule has 1 aromatic rings. The molecule has 1 nitrogen and oxygen atoms in total. The minimum Gasteiger partial charge on any atom is -0.224 e. The molecule has 4 heteroatoms. The lowest BCUT2D eigenvalue weighted by molar-refractivity contribution is 1.13. The average molecular weight is 255 g/mol. The zero-order valence-corrected chi connectivity index (χ0v) is 8.75. The third kappa shape index (κ3) is 2.62. The second kappa shape index (κ2) is 4.29. The van der Waals surface area contributed by atoms with Crippen molar-refractivity contribution in [1.82, 2.24) is 4.98 Å². The largest absolute Gasteiger partial charge is 0.224 e. The van der Waals surface area contributed by atoms with Crippen molar-refractivity contribution in [3.8, 4) is 0 Å². The van der Waals surface area contributed by atoms with E-state index in [1.54, 1.807) is 6.07 Å². The van der Waals surface area contributed by atoms with Gasteiger partial charge in [0.1, 0.15) is 10.3 Å². The van der Waals surface area contributed by atoms with E-state index in [4.69, 9.17) is 23.2 Å². The van der Waals surface area contributed by atoms with Gasteiger partial charge in [0.2, 0.25) is 0 Å². The molecule has 0 aliphatic rings. The molecule has 0 aliphatic heterocycles. The molecule has 0 spiro atoms. The number of hydrogen-bond acceptors (Lipinski definition) is 1. The van der Waals surface area contributed by atoms with E-state index in [2.05, 4.69) is 20.9 Å². The highest BCUT2D eigenvalue weighted by molar-refractivity contribution is 9.09. The first kappa shape index (κ1) is 9.30. The van der Waals surface area contributed by atoms with Crippen LogP contribution in [-0.2, 0) is 6.42 Å². The van der Waals surface area contributed by atoms with Gasteiger partial charge in [0.05, 0.1) is 0 Å². The second-order valence-corrected chi connectivity index (χ2v) is 3.56. The Balaban J connectivity index is 2.90. The summed E-state index contributed by atoms with van der Waals surface area (Å²) in [5.41, 5.74) is 1.02. The summed E-state index contributed by atoms with van der Waals surface area (Å²) in [5, 5.41) is 1.82. The molecule has 0 saturated carbocycles. The fraction of sp³-hybridized carbons (Fsp3) is 0.286. The summed E-state index contributed by atoms with van der Waals surface area (Å²) < 4.78 is 0. The van der Waals surface area contributed by atoms with E-state index in [1.165, 1.54) is 0 Å². The first-order valence-electron chi connectivity index (χ1n) is 3.11. The molecular weight excluding hydrogens is 249 g/mol. The second-order valence-electron chi connectivity index (χ2n) is 2.02. The number of hydrogen-bond donors (Lipinski definition) is 0. The van der Waals surface area contributed by atoms with Crippen LogP contribution >= 0.6 is 39.1 Å². The van der Waals surface area contributed by atoms with Crippen molar-refractivity contribution in [1.29, 1.82) is 0 Å². The fourth-order valence-electron chi connectivity index (χ4n) is 0.729. The lowest BCUT2D eigenvalue weighted by Gasteiger charge is -1.99. The maximum absolute atomic E-state index is 5.79. The zero-order chi connectivity index (χ0) is 8.27. The van der Waals surface area contributed by atoms with Crippen LogP contribution in [0.3, 0.4) is 0 Å². The molecule has 0 unspecified atom stereocenters. The van der Waals surface area contributed by atoms with E-state index in [0.717, 1.165) is 17.3 Å². The van der Waals surface area contributed by atoms with Gasteiger partial charge in [-0.1, -0.05) is 45.2 Å². The van der Waals surface area contributed by atoms with Crippen LogP contribution in [0.5, 0.6) is 0 Å². The highest BCUT2D eigenvalue weighted by Gasteiger charge is 2.00. The molecule has 1 rings (SSSR count). The fourth-order valence-corrected chi connectivity index (χ4v) is 1.60. The number of rotatable bonds is 2. The Kier molecular flexibility index (Phi) is 3.63. The van der Waals surface area contributed by atoms with Crippen LogP contribution in [0.2, 0.25) is 10.3 Å². The van der Waals surface area contributed by atoms with Gasteiger partial charge in [0.25, 0.3) is 0 Å². The molecule has 60 valence electrons. The Hall–Kier alpha value is 0.210. The average Bonchev–Trinajstić information content (AvgIpc) is 1.95. The maximum atomic E-state index is 5.79. The van der Waals surface area contributed by atoms with Crippen LogP contribution in [0.25, 0.3) is 0 Å². The summed E-state index contributed by atoms with van der Waals surface area (Å²) in [7, 11) is 0. The standard InChI is InChI=1S/C7H6BrCl2N/c8-4-3-5-1-2-6(9)11-7(5)10/h1-2H,3-4H2. The van der Waals surface area contributed by atoms with Crippen molar-refractivity contribution in [2.75, 3.05) is 5.33 Å². The predicted octanol–water partition coefficient (Wildman–Crippen LogP) is 3.33. The Morgan fingerprint density at radius 1 is 1.36 bits per heavy atom. The number of halogens is 3. The number of alkyl halides is 1. The van der Waals surface area contributed by atoms with Crippen LogP contribution in [0.1, 0.15) is 5.56 Å². The van der Waals surface area contributed by atoms with Gasteiger partial charge in [-0.05, 0) is 18.1 Å². The third-order valence-electron chi connectivity index (χ3n) is 1.26. The summed E-state index contributed by atoms with van der Waals surface area (Å²) >= 11 is 14.7. The van der Waals surface area contributed by atoms with Crippen molar-refractivity contribution in [2.45, 2.75) is 6.42 Å². The highest BCUT2D eigenvalue weighted by atomic mass is 79.9. The van der Waals surface area contributed by atoms with Gasteiger partial charge in [0.15, 0.2) is 0 Å². The number of aromatic nitrogens is 1. The zero-order valence-electron chi connectivity index (χ0n) is 5.65. The minimum absolute atomic E-state index is 0.438. The normalized spacial score (nSPS) is 10.1. The van der Waals surface area contributed by atoms with Gasteiger partial charge in [-0.15, -0.1) is 0 Å². The van der Waals surface area contributed by atoms with Crippen molar-refractivity contribution >= 4 is 39.1 Å². The molecular formula is C7H6BrCl2N. The molecule has 0 N–H and O–H groups in total. The Labute approximate surface area is 83.9 Å². The Bertz CT molecular complexity index is 252. The third-order valence-corrected chi connectivity index (χ3v) is 2.19. The summed E-state index contributed by atoms with van der Waals surface area (Å²) in [5.74, 6) is 0. The van der Waals surface area contributed by atoms with Gasteiger partial charge in [-0.3, -0.25) is 0 Å². The molecule has 0 saturated heterocycles. The van der Waals surface area contributed by atoms with Crippen molar-refractivity contribution in [2.24, 2.45) is 0 Å². The minimum atomic E-state index is 0.438. The molecule has 1 heterocycles. The summed E-state index contributed by atoms with van der Waals surface area (Å²) in [4.78, 5) is 3.90. The van der Waals surface area contributed by atoms with E-state index in [0.29, 0.717) is 10.3 Å². The maximum Gasteiger partial charge on any atom is 0.134 e. The lowest BCUT2D eigenvalue weighted by Crippen LogP contribution is -1.89. The summed E-state index contributed by atoms with van der Waals surface area (Å²) in [6.45, 7) is 0. The SMILES string of the molecule is Clc1ccc(CCBr)c(Cl)n1. The Morgan fingerprint density at radius 3 is 2.64 bits per heavy atom. The molecule has 0 bridgehead atoms. The first-order valence-corrected chi connectivity index (χ1v) is 4.98. The Morgan fingerprint density at radius 2 is 2.09 bits per heavy atom. The van der Waals surface area contributed by atoms with Gasteiger partial charge in [-0.25, -0.2) is 4.98 Å². The van der Waals surface area contributed by atoms with Crippen molar-refractivity contribution in [3.05, 3.63) is 28.0 Å². The van der Waals surface area contributed by atoms with Crippen molar-refractivity contribution in [3.63, 3.8) is 0 Å². The molecule has 0 fully saturated rings. The number of aryl methyl sites for hydroxylation is 1. The monoisotopic (exact) mass is 253 g/mol. The lowest BCUT2D eigenvalue weighted by atomic mass is 10.2. The van der Waals surface area contributed by atoms with E-state index >= 15 is 0 Å². The molecule has 0 aliphatic carbocycles. The molecule has 0 radical (unpaired) electrons. The molecule has 1 aromatic heterocycles. The summed E-state index contributed by atoms with van der Waals surface area (Å²) in [6.07, 6.45) is 0.878. The van der Waals surface area contributed by atoms with Crippen LogP contribution in [0.4, 0.5) is 0 Å². The molecule has 0 amide bonds. The van der Waals surface area contributed by atoms with Crippen LogP contribution in [0.15, 0.2) is 12.1 Å². The summed E-state index contributed by atoms with van der Waals surface area (Å²) in [6, 6.07) is 3.63. The van der Waals surface area contributed by atoms with Crippen LogP contribution in [-0.4, -0.2) is 10.3 Å². The van der Waals surface area contributed by atoms with Gasteiger partial charge in [-0.2, -0.15) is 0 Å². The van der Waals surface area contributed by atoms with Gasteiger partial charge < -0.3 is 0 Å². The highest BCUT2D eigenvalue weighted by Crippen LogP contribution is 2.17. The molecule has 0 atom stereocenters. The van der Waals surface area contributed by atoms with E-state index in [-0.39, 0.29) is 0 Å². The smallest absolute Gasteiger partial charge is 0.134 e. The van der Waals surface area contributed by atoms with Gasteiger partial charge >= 0.3 is 0 Å². The van der Waals surface area contributed by atoms with Crippen LogP contribution in [0, 0.1) is 0 Å². The number of pyridine rings is 1. The van der Waals surface area contributed by atoms with Crippen LogP contribution < -0.4 is 0 Å². The molecule has 11 heavy (non-hydrogen) atoms. The van der Waals surface area contributed by atoms with E-state index in [1.807, 2.05) is 6.07 Å². The number of nitrogens with zero attached hydrogens (tertiary/aromatic N) is 1. The molecule has 0 aromatic carbocycles. The van der Waals surface area contributed by atoms with E-state index in [9.17, 15) is 0 Å². The topological polar surface area (TPSA) is 12.9 Å². The van der Waals surface area contributed by atoms with Crippen molar-refractivity contribution < 1.29 is 0 Å². The quantitative estimate of drug-likeness (QED) is 0.583. The van der Waals surface area contributed by atoms with E-state index < -0.39 is 0 Å². The predicted molar refractivity (Wildman–Crippen MR) is 51.8 cm³/mol. The first-order chi connectivity index (χ1) is 5.24. The van der Waals surface area contributed by atoms with Gasteiger partial charge in [0, 0.05) is 5.33 Å².